The molecule has 0 aliphatic carbocycles. The van der Waals surface area contributed by atoms with Crippen molar-refractivity contribution in [3.05, 3.63) is 193 Å². The minimum Gasteiger partial charge on any atom is -0.310 e. The first-order valence-corrected chi connectivity index (χ1v) is 22.0. The highest BCUT2D eigenvalue weighted by molar-refractivity contribution is 8.00. The zero-order chi connectivity index (χ0) is 40.1. The molecule has 59 heavy (non-hydrogen) atoms. The van der Waals surface area contributed by atoms with Gasteiger partial charge in [0.1, 0.15) is 0 Å². The van der Waals surface area contributed by atoms with Gasteiger partial charge >= 0.3 is 0 Å². The quantitative estimate of drug-likeness (QED) is 0.141. The van der Waals surface area contributed by atoms with Crippen molar-refractivity contribution >= 4 is 51.9 Å². The molecule has 286 valence electrons. The van der Waals surface area contributed by atoms with Gasteiger partial charge in [0.2, 0.25) is 6.71 Å². The van der Waals surface area contributed by atoms with Crippen LogP contribution in [-0.2, 0) is 11.8 Å². The van der Waals surface area contributed by atoms with Crippen LogP contribution in [0.25, 0.3) is 44.5 Å². The molecule has 8 aromatic carbocycles. The van der Waals surface area contributed by atoms with E-state index in [-0.39, 0.29) is 12.1 Å². The molecular weight excluding hydrogens is 730 g/mol. The number of aryl methyl sites for hydroxylation is 1. The van der Waals surface area contributed by atoms with Crippen LogP contribution in [0.2, 0.25) is 0 Å². The van der Waals surface area contributed by atoms with Crippen molar-refractivity contribution in [2.75, 3.05) is 4.90 Å². The van der Waals surface area contributed by atoms with Gasteiger partial charge in [0.25, 0.3) is 0 Å². The molecule has 1 nitrogen and oxygen atoms in total. The second kappa shape index (κ2) is 15.3. The van der Waals surface area contributed by atoms with E-state index >= 15 is 0 Å². The molecule has 0 bridgehead atoms. The van der Waals surface area contributed by atoms with Crippen molar-refractivity contribution in [1.29, 1.82) is 0 Å². The summed E-state index contributed by atoms with van der Waals surface area (Å²) in [5.41, 5.74) is 20.5. The standard InChI is InChI=1S/C56H48BNS/c1-5-6-19-38-32-51-54-53(33-38)59-52-31-29-44(40-22-13-8-14-23-40)35-49(52)57(54)48-34-43(39-20-11-7-12-21-39)28-30-50(48)58(51)55-46(41-24-15-9-16-25-41)36-45(56(2,3)4)37-47(55)42-26-17-10-18-27-42/h7-18,20-37H,5-6,19H2,1-4H3. The lowest BCUT2D eigenvalue weighted by Gasteiger charge is -2.42. The Morgan fingerprint density at radius 3 is 1.56 bits per heavy atom. The number of unbranched alkanes of at least 4 members (excludes halogenated alkanes) is 1. The maximum Gasteiger partial charge on any atom is 0.249 e. The number of hydrogen-bond donors (Lipinski definition) is 0. The molecular formula is C56H48BNS. The monoisotopic (exact) mass is 777 g/mol. The number of nitrogens with zero attached hydrogens (tertiary/aromatic N) is 1. The highest BCUT2D eigenvalue weighted by Crippen LogP contribution is 2.51. The molecule has 0 atom stereocenters. The zero-order valence-corrected chi connectivity index (χ0v) is 35.2. The maximum atomic E-state index is 2.67. The van der Waals surface area contributed by atoms with Crippen molar-refractivity contribution < 1.29 is 0 Å². The lowest BCUT2D eigenvalue weighted by molar-refractivity contribution is 0.591. The van der Waals surface area contributed by atoms with E-state index in [2.05, 4.69) is 215 Å². The normalized spacial score (nSPS) is 12.8. The summed E-state index contributed by atoms with van der Waals surface area (Å²) in [6.07, 6.45) is 3.37. The number of anilines is 3. The summed E-state index contributed by atoms with van der Waals surface area (Å²) in [6.45, 7) is 9.37. The first-order valence-electron chi connectivity index (χ1n) is 21.2. The highest BCUT2D eigenvalue weighted by Gasteiger charge is 2.42. The molecule has 0 aromatic heterocycles. The fraction of sp³-hybridized carbons (Fsp3) is 0.143. The predicted octanol–water partition coefficient (Wildman–Crippen LogP) is 13.8. The molecule has 0 radical (unpaired) electrons. The molecule has 10 rings (SSSR count). The molecule has 0 saturated carbocycles. The molecule has 0 fully saturated rings. The molecule has 2 aliphatic rings. The Hall–Kier alpha value is -6.03. The van der Waals surface area contributed by atoms with E-state index in [1.165, 1.54) is 98.9 Å². The maximum absolute atomic E-state index is 2.67. The van der Waals surface area contributed by atoms with Crippen LogP contribution in [0.15, 0.2) is 192 Å². The topological polar surface area (TPSA) is 3.24 Å². The molecule has 2 heterocycles. The van der Waals surface area contributed by atoms with Crippen LogP contribution in [0.3, 0.4) is 0 Å². The minimum absolute atomic E-state index is 0.0584. The van der Waals surface area contributed by atoms with E-state index < -0.39 is 0 Å². The van der Waals surface area contributed by atoms with Gasteiger partial charge in [-0.15, -0.1) is 0 Å². The molecule has 0 saturated heterocycles. The van der Waals surface area contributed by atoms with E-state index in [4.69, 9.17) is 0 Å². The second-order valence-electron chi connectivity index (χ2n) is 17.2. The van der Waals surface area contributed by atoms with Crippen LogP contribution >= 0.6 is 11.8 Å². The van der Waals surface area contributed by atoms with Crippen molar-refractivity contribution in [3.8, 4) is 44.5 Å². The van der Waals surface area contributed by atoms with Gasteiger partial charge in [-0.05, 0) is 110 Å². The van der Waals surface area contributed by atoms with E-state index in [0.29, 0.717) is 0 Å². The van der Waals surface area contributed by atoms with Gasteiger partial charge in [-0.2, -0.15) is 0 Å². The lowest BCUT2D eigenvalue weighted by atomic mass is 9.34. The molecule has 3 heteroatoms. The molecule has 0 spiro atoms. The highest BCUT2D eigenvalue weighted by atomic mass is 32.2. The number of benzene rings is 8. The molecule has 0 unspecified atom stereocenters. The smallest absolute Gasteiger partial charge is 0.249 e. The Morgan fingerprint density at radius 1 is 0.492 bits per heavy atom. The summed E-state index contributed by atoms with van der Waals surface area (Å²) in [6, 6.07) is 68.4. The summed E-state index contributed by atoms with van der Waals surface area (Å²) in [7, 11) is 0. The Balaban J connectivity index is 1.33. The summed E-state index contributed by atoms with van der Waals surface area (Å²) in [5, 5.41) is 0. The van der Waals surface area contributed by atoms with E-state index in [1.807, 2.05) is 11.8 Å². The van der Waals surface area contributed by atoms with Crippen LogP contribution in [0.5, 0.6) is 0 Å². The average Bonchev–Trinajstić information content (AvgIpc) is 3.28. The first kappa shape index (κ1) is 37.3. The van der Waals surface area contributed by atoms with Crippen LogP contribution in [-0.4, -0.2) is 6.71 Å². The van der Waals surface area contributed by atoms with Crippen LogP contribution in [0, 0.1) is 0 Å². The summed E-state index contributed by atoms with van der Waals surface area (Å²) in [4.78, 5) is 5.38. The third-order valence-corrected chi connectivity index (χ3v) is 13.4. The van der Waals surface area contributed by atoms with Gasteiger partial charge in [-0.3, -0.25) is 0 Å². The van der Waals surface area contributed by atoms with Gasteiger partial charge in [0.05, 0.1) is 5.69 Å². The van der Waals surface area contributed by atoms with E-state index in [0.717, 1.165) is 19.3 Å². The third-order valence-electron chi connectivity index (χ3n) is 12.2. The fourth-order valence-corrected chi connectivity index (χ4v) is 10.4. The molecule has 8 aromatic rings. The number of fused-ring (bicyclic) bond motifs is 4. The Bertz CT molecular complexity index is 2750. The van der Waals surface area contributed by atoms with E-state index in [9.17, 15) is 0 Å². The van der Waals surface area contributed by atoms with Crippen molar-refractivity contribution in [2.45, 2.75) is 62.2 Å². The lowest BCUT2D eigenvalue weighted by Crippen LogP contribution is -2.60. The van der Waals surface area contributed by atoms with Crippen LogP contribution < -0.4 is 21.3 Å². The molecule has 0 amide bonds. The average molecular weight is 778 g/mol. The Morgan fingerprint density at radius 2 is 1.02 bits per heavy atom. The fourth-order valence-electron chi connectivity index (χ4n) is 9.18. The number of rotatable bonds is 8. The largest absolute Gasteiger partial charge is 0.310 e. The van der Waals surface area contributed by atoms with Gasteiger partial charge in [0.15, 0.2) is 0 Å². The van der Waals surface area contributed by atoms with Crippen LogP contribution in [0.1, 0.15) is 51.7 Å². The summed E-state index contributed by atoms with van der Waals surface area (Å²) in [5.74, 6) is 0. The van der Waals surface area contributed by atoms with E-state index in [1.54, 1.807) is 0 Å². The Labute approximate surface area is 354 Å². The summed E-state index contributed by atoms with van der Waals surface area (Å²) < 4.78 is 0. The molecule has 0 N–H and O–H groups in total. The van der Waals surface area contributed by atoms with Crippen LogP contribution in [0.4, 0.5) is 17.1 Å². The first-order chi connectivity index (χ1) is 28.9. The molecule has 2 aliphatic heterocycles. The third kappa shape index (κ3) is 6.82. The zero-order valence-electron chi connectivity index (χ0n) is 34.4. The van der Waals surface area contributed by atoms with Gasteiger partial charge in [-0.25, -0.2) is 0 Å². The van der Waals surface area contributed by atoms with Crippen molar-refractivity contribution in [2.24, 2.45) is 0 Å². The number of hydrogen-bond acceptors (Lipinski definition) is 2. The minimum atomic E-state index is -0.0584. The Kier molecular flexibility index (Phi) is 9.66. The second-order valence-corrected chi connectivity index (χ2v) is 18.2. The van der Waals surface area contributed by atoms with Gasteiger partial charge < -0.3 is 4.90 Å². The SMILES string of the molecule is CCCCc1cc2c3c(c1)N(c1c(-c4ccccc4)cc(C(C)(C)C)cc1-c1ccccc1)c1ccc(-c4ccccc4)cc1B3c1cc(-c3ccccc3)ccc1S2. The van der Waals surface area contributed by atoms with Gasteiger partial charge in [-0.1, -0.05) is 197 Å². The van der Waals surface area contributed by atoms with Crippen molar-refractivity contribution in [1.82, 2.24) is 0 Å². The summed E-state index contributed by atoms with van der Waals surface area (Å²) >= 11 is 1.95. The van der Waals surface area contributed by atoms with Crippen molar-refractivity contribution in [3.63, 3.8) is 0 Å². The predicted molar refractivity (Wildman–Crippen MR) is 255 cm³/mol. The van der Waals surface area contributed by atoms with Gasteiger partial charge in [0, 0.05) is 32.3 Å².